The van der Waals surface area contributed by atoms with Crippen molar-refractivity contribution < 1.29 is 42.3 Å². The molecular weight excluding hydrogens is 577 g/mol. The molecule has 42 heavy (non-hydrogen) atoms. The average molecular weight is 612 g/mol. The summed E-state index contributed by atoms with van der Waals surface area (Å²) in [6, 6.07) is 12.8. The number of carboxylic acid groups (broad SMARTS) is 1. The molecule has 0 aliphatic carbocycles. The van der Waals surface area contributed by atoms with Gasteiger partial charge in [-0.1, -0.05) is 29.5 Å². The lowest BCUT2D eigenvalue weighted by Gasteiger charge is -2.32. The van der Waals surface area contributed by atoms with Crippen LogP contribution in [0.4, 0.5) is 13.2 Å². The molecule has 0 unspecified atom stereocenters. The van der Waals surface area contributed by atoms with Crippen molar-refractivity contribution in [1.82, 2.24) is 14.8 Å². The maximum Gasteiger partial charge on any atom is 0.490 e. The van der Waals surface area contributed by atoms with Gasteiger partial charge >= 0.3 is 22.9 Å². The number of β-amino-alcohol motifs (C(OH)–C–C–N with tert-alkyl or cyclic N) is 1. The standard InChI is InChI=1S/C26H32N4O4S.C2HF3O2/c1-28(24(32)13-17-8-9-23-21(12-17)27-26(34)35-23)22(16-29-11-10-20(31)15-29)18-6-5-7-19(14-18)25(33)30(2,3)4;3-2(4,5)1(6)7/h5-9,12,14,20,22,31H,10-11,13,15-16H2,1-4H3;(H,6,7)/p+1/t20-,22+;/m0./s1. The number of nitrogens with zero attached hydrogens (tertiary/aromatic N) is 3. The van der Waals surface area contributed by atoms with Crippen molar-refractivity contribution in [1.29, 1.82) is 0 Å². The number of rotatable bonds is 7. The number of carboxylic acids is 1. The van der Waals surface area contributed by atoms with Gasteiger partial charge in [0.15, 0.2) is 0 Å². The SMILES string of the molecule is CN(C(=O)Cc1ccc2sc(=O)[nH]c2c1)[C@H](CN1CC[C@H](O)C1)c1cccc(C(=O)[N+](C)(C)C)c1.O=C(O)C(F)(F)F. The number of likely N-dealkylation sites (tertiary alicyclic amines) is 1. The molecule has 1 aliphatic heterocycles. The third-order valence-electron chi connectivity index (χ3n) is 6.75. The van der Waals surface area contributed by atoms with Crippen LogP contribution < -0.4 is 4.87 Å². The number of hydrogen-bond donors (Lipinski definition) is 3. The quantitative estimate of drug-likeness (QED) is 0.350. The Kier molecular flexibility index (Phi) is 10.3. The summed E-state index contributed by atoms with van der Waals surface area (Å²) in [4.78, 5) is 53.4. The Hall–Kier alpha value is -3.59. The maximum absolute atomic E-state index is 13.4. The lowest BCUT2D eigenvalue weighted by molar-refractivity contribution is -0.785. The number of amides is 2. The Labute approximate surface area is 244 Å². The van der Waals surface area contributed by atoms with Gasteiger partial charge < -0.3 is 20.1 Å². The lowest BCUT2D eigenvalue weighted by Crippen LogP contribution is -2.41. The number of benzene rings is 2. The minimum absolute atomic E-state index is 0.00534. The zero-order valence-corrected chi connectivity index (χ0v) is 24.5. The minimum atomic E-state index is -5.08. The van der Waals surface area contributed by atoms with E-state index in [9.17, 15) is 32.7 Å². The second-order valence-electron chi connectivity index (χ2n) is 11.0. The Bertz CT molecular complexity index is 1500. The smallest absolute Gasteiger partial charge is 0.475 e. The molecule has 14 heteroatoms. The van der Waals surface area contributed by atoms with E-state index in [-0.39, 0.29) is 39.7 Å². The Balaban J connectivity index is 0.000000616. The van der Waals surface area contributed by atoms with Gasteiger partial charge in [-0.25, -0.2) is 9.59 Å². The van der Waals surface area contributed by atoms with E-state index in [1.165, 1.54) is 0 Å². The summed E-state index contributed by atoms with van der Waals surface area (Å²) in [7, 11) is 7.31. The monoisotopic (exact) mass is 611 g/mol. The number of halogens is 3. The van der Waals surface area contributed by atoms with Crippen LogP contribution in [-0.4, -0.2) is 107 Å². The number of aliphatic hydroxyl groups is 1. The molecule has 2 heterocycles. The molecule has 4 rings (SSSR count). The van der Waals surface area contributed by atoms with E-state index in [1.54, 1.807) is 11.9 Å². The fourth-order valence-electron chi connectivity index (χ4n) is 4.52. The number of carbonyl (C=O) groups excluding carboxylic acids is 2. The number of aromatic amines is 1. The molecule has 0 saturated carbocycles. The number of aliphatic carboxylic acids is 1. The number of thiazole rings is 1. The summed E-state index contributed by atoms with van der Waals surface area (Å²) in [6.45, 7) is 1.90. The summed E-state index contributed by atoms with van der Waals surface area (Å²) >= 11 is 1.15. The second kappa shape index (κ2) is 13.2. The molecule has 1 saturated heterocycles. The van der Waals surface area contributed by atoms with Crippen LogP contribution in [-0.2, 0) is 16.0 Å². The van der Waals surface area contributed by atoms with E-state index in [4.69, 9.17) is 9.90 Å². The number of likely N-dealkylation sites (N-methyl/N-ethyl adjacent to an activating group) is 1. The third kappa shape index (κ3) is 8.71. The molecule has 2 amide bonds. The first-order valence-corrected chi connectivity index (χ1v) is 13.8. The van der Waals surface area contributed by atoms with Crippen molar-refractivity contribution in [2.24, 2.45) is 0 Å². The van der Waals surface area contributed by atoms with Gasteiger partial charge in [-0.15, -0.1) is 0 Å². The van der Waals surface area contributed by atoms with Gasteiger partial charge in [0.05, 0.1) is 55.5 Å². The molecule has 0 spiro atoms. The molecule has 2 aromatic carbocycles. The molecule has 0 radical (unpaired) electrons. The van der Waals surface area contributed by atoms with Crippen LogP contribution in [0.15, 0.2) is 47.3 Å². The number of fused-ring (bicyclic) bond motifs is 1. The van der Waals surface area contributed by atoms with Gasteiger partial charge in [0, 0.05) is 26.7 Å². The number of carbonyl (C=O) groups is 3. The van der Waals surface area contributed by atoms with E-state index in [2.05, 4.69) is 9.88 Å². The van der Waals surface area contributed by atoms with Crippen molar-refractivity contribution in [2.45, 2.75) is 31.2 Å². The van der Waals surface area contributed by atoms with Gasteiger partial charge in [-0.05, 0) is 41.8 Å². The van der Waals surface area contributed by atoms with Crippen molar-refractivity contribution in [3.8, 4) is 0 Å². The highest BCUT2D eigenvalue weighted by atomic mass is 32.1. The molecule has 3 aromatic rings. The minimum Gasteiger partial charge on any atom is -0.475 e. The van der Waals surface area contributed by atoms with Crippen LogP contribution >= 0.6 is 11.3 Å². The third-order valence-corrected chi connectivity index (χ3v) is 7.61. The number of aliphatic hydroxyl groups excluding tert-OH is 1. The highest BCUT2D eigenvalue weighted by Gasteiger charge is 2.38. The zero-order chi connectivity index (χ0) is 31.4. The topological polar surface area (TPSA) is 131 Å². The lowest BCUT2D eigenvalue weighted by atomic mass is 10.0. The van der Waals surface area contributed by atoms with E-state index in [0.717, 1.165) is 39.2 Å². The molecule has 0 bridgehead atoms. The van der Waals surface area contributed by atoms with Crippen LogP contribution in [0.5, 0.6) is 0 Å². The molecule has 2 atom stereocenters. The van der Waals surface area contributed by atoms with Crippen LogP contribution in [0.25, 0.3) is 10.2 Å². The van der Waals surface area contributed by atoms with Gasteiger partial charge in [0.25, 0.3) is 0 Å². The number of quaternary nitrogens is 1. The van der Waals surface area contributed by atoms with Gasteiger partial charge in [-0.2, -0.15) is 13.2 Å². The first kappa shape index (κ1) is 32.9. The van der Waals surface area contributed by atoms with E-state index >= 15 is 0 Å². The highest BCUT2D eigenvalue weighted by molar-refractivity contribution is 7.16. The van der Waals surface area contributed by atoms with E-state index in [0.29, 0.717) is 25.1 Å². The fraction of sp³-hybridized carbons (Fsp3) is 0.429. The number of H-pyrrole nitrogens is 1. The zero-order valence-electron chi connectivity index (χ0n) is 23.6. The fourth-order valence-corrected chi connectivity index (χ4v) is 5.24. The number of hydrogen-bond acceptors (Lipinski definition) is 7. The van der Waals surface area contributed by atoms with Crippen molar-refractivity contribution in [3.63, 3.8) is 0 Å². The Morgan fingerprint density at radius 1 is 1.17 bits per heavy atom. The van der Waals surface area contributed by atoms with Gasteiger partial charge in [0.2, 0.25) is 5.91 Å². The van der Waals surface area contributed by atoms with E-state index in [1.807, 2.05) is 63.6 Å². The van der Waals surface area contributed by atoms with Crippen LogP contribution in [0.3, 0.4) is 0 Å². The molecule has 3 N–H and O–H groups in total. The maximum atomic E-state index is 13.4. The Morgan fingerprint density at radius 3 is 2.40 bits per heavy atom. The summed E-state index contributed by atoms with van der Waals surface area (Å²) in [5.41, 5.74) is 3.06. The van der Waals surface area contributed by atoms with Gasteiger partial charge in [0.1, 0.15) is 0 Å². The number of aromatic nitrogens is 1. The molecule has 1 fully saturated rings. The summed E-state index contributed by atoms with van der Waals surface area (Å²) < 4.78 is 32.8. The first-order valence-electron chi connectivity index (χ1n) is 13.0. The van der Waals surface area contributed by atoms with Crippen molar-refractivity contribution in [3.05, 3.63) is 68.8 Å². The normalized spacial score (nSPS) is 16.5. The average Bonchev–Trinajstić information content (AvgIpc) is 3.49. The summed E-state index contributed by atoms with van der Waals surface area (Å²) in [5, 5.41) is 17.2. The van der Waals surface area contributed by atoms with Crippen molar-refractivity contribution >= 4 is 39.3 Å². The molecule has 228 valence electrons. The summed E-state index contributed by atoms with van der Waals surface area (Å²) in [6.07, 6.45) is -4.54. The first-order chi connectivity index (χ1) is 19.5. The van der Waals surface area contributed by atoms with Crippen molar-refractivity contribution in [2.75, 3.05) is 47.8 Å². The highest BCUT2D eigenvalue weighted by Crippen LogP contribution is 2.26. The predicted octanol–water partition coefficient (Wildman–Crippen LogP) is 2.88. The summed E-state index contributed by atoms with van der Waals surface area (Å²) in [5.74, 6) is -2.82. The number of alkyl halides is 3. The van der Waals surface area contributed by atoms with Crippen LogP contribution in [0, 0.1) is 0 Å². The predicted molar refractivity (Wildman–Crippen MR) is 151 cm³/mol. The second-order valence-corrected chi connectivity index (χ2v) is 12.0. The van der Waals surface area contributed by atoms with Crippen LogP contribution in [0.1, 0.15) is 33.9 Å². The number of nitrogens with one attached hydrogen (secondary N) is 1. The van der Waals surface area contributed by atoms with Gasteiger partial charge in [-0.3, -0.25) is 19.0 Å². The molecular formula is C28H34F3N4O6S+. The van der Waals surface area contributed by atoms with E-state index < -0.39 is 12.1 Å². The Morgan fingerprint density at radius 2 is 1.83 bits per heavy atom. The molecule has 1 aliphatic rings. The molecule has 1 aromatic heterocycles. The molecule has 10 nitrogen and oxygen atoms in total. The van der Waals surface area contributed by atoms with Crippen LogP contribution in [0.2, 0.25) is 0 Å². The largest absolute Gasteiger partial charge is 0.490 e.